The molecule has 0 saturated carbocycles. The van der Waals surface area contributed by atoms with Crippen LogP contribution in [0.1, 0.15) is 42.6 Å². The topological polar surface area (TPSA) is 149 Å². The van der Waals surface area contributed by atoms with E-state index in [4.69, 9.17) is 4.52 Å². The molecule has 0 spiro atoms. The zero-order valence-electron chi connectivity index (χ0n) is 20.6. The number of halogens is 1. The van der Waals surface area contributed by atoms with Crippen LogP contribution in [0.2, 0.25) is 0 Å². The lowest BCUT2D eigenvalue weighted by Crippen LogP contribution is -2.45. The Labute approximate surface area is 215 Å². The van der Waals surface area contributed by atoms with E-state index < -0.39 is 17.5 Å². The van der Waals surface area contributed by atoms with Crippen molar-refractivity contribution in [1.82, 2.24) is 25.0 Å². The third kappa shape index (κ3) is 4.80. The van der Waals surface area contributed by atoms with Gasteiger partial charge >= 0.3 is 0 Å². The molecule has 0 aliphatic carbocycles. The van der Waals surface area contributed by atoms with Crippen molar-refractivity contribution in [1.29, 1.82) is 0 Å². The lowest BCUT2D eigenvalue weighted by molar-refractivity contribution is -0.135. The quantitative estimate of drug-likeness (QED) is 0.370. The Kier molecular flexibility index (Phi) is 6.53. The number of hydrogen-bond donors (Lipinski definition) is 2. The number of piperidine rings is 1. The fourth-order valence-electron chi connectivity index (χ4n) is 4.36. The molecule has 2 aromatic heterocycles. The van der Waals surface area contributed by atoms with Gasteiger partial charge in [-0.25, -0.2) is 9.37 Å². The molecule has 3 amide bonds. The molecule has 3 heterocycles. The number of anilines is 1. The van der Waals surface area contributed by atoms with E-state index in [1.807, 2.05) is 0 Å². The van der Waals surface area contributed by atoms with Crippen molar-refractivity contribution in [3.8, 4) is 11.4 Å². The van der Waals surface area contributed by atoms with Gasteiger partial charge in [-0.3, -0.25) is 29.1 Å². The Morgan fingerprint density at radius 2 is 2.00 bits per heavy atom. The second-order valence-electron chi connectivity index (χ2n) is 9.03. The summed E-state index contributed by atoms with van der Waals surface area (Å²) >= 11 is 0. The Hall–Kier alpha value is -4.74. The third-order valence-corrected chi connectivity index (χ3v) is 6.37. The number of amides is 3. The molecule has 1 saturated heterocycles. The molecule has 0 bridgehead atoms. The van der Waals surface area contributed by atoms with Crippen LogP contribution in [-0.2, 0) is 20.8 Å². The average molecular weight is 519 g/mol. The van der Waals surface area contributed by atoms with Crippen molar-refractivity contribution in [2.24, 2.45) is 0 Å². The number of imide groups is 1. The summed E-state index contributed by atoms with van der Waals surface area (Å²) in [7, 11) is 0. The number of benzene rings is 2. The number of carbonyl (C=O) groups excluding carboxylic acids is 3. The van der Waals surface area contributed by atoms with E-state index in [9.17, 15) is 23.6 Å². The first-order valence-corrected chi connectivity index (χ1v) is 12.0. The summed E-state index contributed by atoms with van der Waals surface area (Å²) in [4.78, 5) is 58.6. The first-order valence-electron chi connectivity index (χ1n) is 12.0. The molecular formula is C26H23FN6O5. The molecule has 1 aliphatic rings. The number of fused-ring (bicyclic) bond motifs is 1. The molecule has 2 aromatic carbocycles. The van der Waals surface area contributed by atoms with E-state index >= 15 is 0 Å². The monoisotopic (exact) mass is 518 g/mol. The van der Waals surface area contributed by atoms with Crippen LogP contribution in [-0.4, -0.2) is 37.4 Å². The summed E-state index contributed by atoms with van der Waals surface area (Å²) in [5, 5.41) is 9.10. The van der Waals surface area contributed by atoms with E-state index in [0.29, 0.717) is 16.8 Å². The minimum absolute atomic E-state index is 0.00655. The van der Waals surface area contributed by atoms with E-state index in [2.05, 4.69) is 25.8 Å². The Morgan fingerprint density at radius 3 is 2.76 bits per heavy atom. The third-order valence-electron chi connectivity index (χ3n) is 6.37. The lowest BCUT2D eigenvalue weighted by Gasteiger charge is -2.24. The molecule has 2 N–H and O–H groups in total. The van der Waals surface area contributed by atoms with Gasteiger partial charge in [0.15, 0.2) is 0 Å². The van der Waals surface area contributed by atoms with Gasteiger partial charge in [-0.05, 0) is 44.0 Å². The minimum Gasteiger partial charge on any atom is -0.339 e. The van der Waals surface area contributed by atoms with Crippen LogP contribution in [0.4, 0.5) is 10.1 Å². The number of para-hydroxylation sites is 1. The highest BCUT2D eigenvalue weighted by molar-refractivity contribution is 6.01. The van der Waals surface area contributed by atoms with Crippen LogP contribution < -0.4 is 16.2 Å². The number of rotatable bonds is 6. The van der Waals surface area contributed by atoms with E-state index in [1.54, 1.807) is 44.2 Å². The molecule has 4 aromatic rings. The van der Waals surface area contributed by atoms with Crippen molar-refractivity contribution in [3.63, 3.8) is 0 Å². The van der Waals surface area contributed by atoms with Crippen molar-refractivity contribution in [2.45, 2.75) is 45.6 Å². The summed E-state index contributed by atoms with van der Waals surface area (Å²) in [5.41, 5.74) is 1.15. The first kappa shape index (κ1) is 24.9. The molecule has 12 heteroatoms. The van der Waals surface area contributed by atoms with Crippen LogP contribution >= 0.6 is 0 Å². The smallest absolute Gasteiger partial charge is 0.262 e. The van der Waals surface area contributed by atoms with E-state index in [-0.39, 0.29) is 71.8 Å². The van der Waals surface area contributed by atoms with Crippen LogP contribution in [0.5, 0.6) is 0 Å². The Balaban J connectivity index is 1.32. The molecule has 1 unspecified atom stereocenters. The van der Waals surface area contributed by atoms with Crippen LogP contribution in [0.25, 0.3) is 22.3 Å². The molecular weight excluding hydrogens is 495 g/mol. The van der Waals surface area contributed by atoms with Gasteiger partial charge in [0.2, 0.25) is 29.4 Å². The first-order chi connectivity index (χ1) is 18.2. The molecule has 194 valence electrons. The fraction of sp³-hybridized carbons (Fsp3) is 0.269. The van der Waals surface area contributed by atoms with Crippen LogP contribution in [0, 0.1) is 19.7 Å². The summed E-state index contributed by atoms with van der Waals surface area (Å²) in [5.74, 6) is -0.950. The van der Waals surface area contributed by atoms with Crippen molar-refractivity contribution < 1.29 is 23.3 Å². The highest BCUT2D eigenvalue weighted by atomic mass is 19.1. The van der Waals surface area contributed by atoms with Crippen molar-refractivity contribution in [2.75, 3.05) is 5.32 Å². The number of carbonyl (C=O) groups is 3. The zero-order chi connectivity index (χ0) is 27.0. The van der Waals surface area contributed by atoms with Gasteiger partial charge in [-0.2, -0.15) is 4.98 Å². The number of aryl methyl sites for hydroxylation is 3. The van der Waals surface area contributed by atoms with Crippen molar-refractivity contribution in [3.05, 3.63) is 69.8 Å². The maximum absolute atomic E-state index is 13.8. The second-order valence-corrected chi connectivity index (χ2v) is 9.03. The molecule has 0 radical (unpaired) electrons. The summed E-state index contributed by atoms with van der Waals surface area (Å²) in [6.07, 6.45) is 0.477. The normalized spacial score (nSPS) is 15.5. The molecule has 1 atom stereocenters. The predicted octanol–water partition coefficient (Wildman–Crippen LogP) is 2.75. The average Bonchev–Trinajstić information content (AvgIpc) is 3.35. The molecule has 11 nitrogen and oxygen atoms in total. The minimum atomic E-state index is -0.842. The van der Waals surface area contributed by atoms with Gasteiger partial charge < -0.3 is 9.84 Å². The van der Waals surface area contributed by atoms with E-state index in [0.717, 1.165) is 0 Å². The summed E-state index contributed by atoms with van der Waals surface area (Å²) in [6, 6.07) is 8.58. The highest BCUT2D eigenvalue weighted by Crippen LogP contribution is 2.24. The van der Waals surface area contributed by atoms with Gasteiger partial charge in [0.25, 0.3) is 5.56 Å². The van der Waals surface area contributed by atoms with Gasteiger partial charge in [0.05, 0.1) is 11.1 Å². The molecule has 38 heavy (non-hydrogen) atoms. The lowest BCUT2D eigenvalue weighted by atomic mass is 10.1. The van der Waals surface area contributed by atoms with Crippen LogP contribution in [0.15, 0.2) is 45.7 Å². The van der Waals surface area contributed by atoms with Gasteiger partial charge in [-0.15, -0.1) is 0 Å². The zero-order valence-corrected chi connectivity index (χ0v) is 20.6. The van der Waals surface area contributed by atoms with Crippen LogP contribution in [0.3, 0.4) is 0 Å². The van der Waals surface area contributed by atoms with Gasteiger partial charge in [-0.1, -0.05) is 23.4 Å². The standard InChI is InChI=1S/C26H23FN6O5/c1-13-6-7-15(12-17(13)27)24-31-22(38-32-24)11-10-20(34)29-18-5-3-4-16-23(18)28-14(2)33(26(16)37)19-8-9-21(35)30-25(19)36/h3-7,12,19H,8-11H2,1-2H3,(H,29,34)(H,30,35,36). The number of nitrogens with zero attached hydrogens (tertiary/aromatic N) is 4. The molecule has 1 aliphatic heterocycles. The second kappa shape index (κ2) is 9.96. The van der Waals surface area contributed by atoms with E-state index in [1.165, 1.54) is 10.6 Å². The molecule has 5 rings (SSSR count). The number of nitrogens with one attached hydrogen (secondary N) is 2. The fourth-order valence-corrected chi connectivity index (χ4v) is 4.36. The maximum Gasteiger partial charge on any atom is 0.262 e. The van der Waals surface area contributed by atoms with Gasteiger partial charge in [0.1, 0.15) is 23.2 Å². The molecule has 1 fully saturated rings. The summed E-state index contributed by atoms with van der Waals surface area (Å²) < 4.78 is 20.3. The van der Waals surface area contributed by atoms with Crippen molar-refractivity contribution >= 4 is 34.3 Å². The number of hydrogen-bond acceptors (Lipinski definition) is 8. The highest BCUT2D eigenvalue weighted by Gasteiger charge is 2.30. The Morgan fingerprint density at radius 1 is 1.18 bits per heavy atom. The maximum atomic E-state index is 13.8. The predicted molar refractivity (Wildman–Crippen MR) is 134 cm³/mol. The SMILES string of the molecule is Cc1ccc(-c2noc(CCC(=O)Nc3cccc4c(=O)n(C5CCC(=O)NC5=O)c(C)nc34)n2)cc1F. The van der Waals surface area contributed by atoms with Gasteiger partial charge in [0, 0.05) is 24.8 Å². The summed E-state index contributed by atoms with van der Waals surface area (Å²) in [6.45, 7) is 3.25. The Bertz CT molecular complexity index is 1660. The number of aromatic nitrogens is 4. The largest absolute Gasteiger partial charge is 0.339 e.